The zero-order valence-electron chi connectivity index (χ0n) is 18.7. The van der Waals surface area contributed by atoms with E-state index in [1.54, 1.807) is 19.9 Å². The van der Waals surface area contributed by atoms with E-state index in [1.807, 2.05) is 13.8 Å². The van der Waals surface area contributed by atoms with Gasteiger partial charge in [0, 0.05) is 0 Å². The molecule has 0 saturated heterocycles. The van der Waals surface area contributed by atoms with Crippen LogP contribution in [0.15, 0.2) is 11.6 Å². The first-order valence-electron chi connectivity index (χ1n) is 10.6. The minimum atomic E-state index is -2.71. The van der Waals surface area contributed by atoms with Gasteiger partial charge in [0.1, 0.15) is 0 Å². The number of methoxy groups -OCH3 is 1. The van der Waals surface area contributed by atoms with Gasteiger partial charge in [-0.3, -0.25) is 9.59 Å². The fraction of sp³-hybridized carbons (Fsp3) is 0.783. The van der Waals surface area contributed by atoms with E-state index in [2.05, 4.69) is 0 Å². The van der Waals surface area contributed by atoms with Crippen LogP contribution < -0.4 is 0 Å². The van der Waals surface area contributed by atoms with Crippen LogP contribution in [0.5, 0.6) is 0 Å². The molecule has 7 atom stereocenters. The number of hydrogen-bond acceptors (Lipinski definition) is 7. The number of carbonyl (C=O) groups is 3. The average Bonchev–Trinajstić information content (AvgIpc) is 3.02. The van der Waals surface area contributed by atoms with Crippen molar-refractivity contribution >= 4 is 17.5 Å². The number of ketones is 2. The number of allylic oxidation sites excluding steroid dienone is 2. The van der Waals surface area contributed by atoms with Gasteiger partial charge in [0.05, 0.1) is 29.1 Å². The molecular weight excluding hydrogens is 388 g/mol. The molecule has 3 fully saturated rings. The van der Waals surface area contributed by atoms with Crippen LogP contribution in [0.1, 0.15) is 66.7 Å². The van der Waals surface area contributed by atoms with Crippen LogP contribution in [-0.4, -0.2) is 56.8 Å². The number of fused-ring (bicyclic) bond motifs is 1. The van der Waals surface area contributed by atoms with Crippen LogP contribution in [0, 0.1) is 22.7 Å². The number of ether oxygens (including phenoxy) is 1. The normalized spacial score (nSPS) is 48.0. The van der Waals surface area contributed by atoms with Crippen LogP contribution >= 0.6 is 0 Å². The number of carbonyl (C=O) groups excluding carboxylic acids is 3. The summed E-state index contributed by atoms with van der Waals surface area (Å²) < 4.78 is 4.81. The highest BCUT2D eigenvalue weighted by Crippen LogP contribution is 2.66. The summed E-state index contributed by atoms with van der Waals surface area (Å²) in [6.07, 6.45) is 2.49. The van der Waals surface area contributed by atoms with E-state index in [0.29, 0.717) is 12.8 Å². The highest BCUT2D eigenvalue weighted by atomic mass is 16.5. The SMILES string of the molecule is COC(=O)[C@@]1(O)C(=O)[C@](C)(CC=C(C)C)C(=O)[C@]12C[C@H]1[C@@H](CC[C@@]1(C)O)[C@@](C)(O)C2. The predicted molar refractivity (Wildman–Crippen MR) is 108 cm³/mol. The second-order valence-corrected chi connectivity index (χ2v) is 10.6. The van der Waals surface area contributed by atoms with Gasteiger partial charge in [-0.1, -0.05) is 11.6 Å². The summed E-state index contributed by atoms with van der Waals surface area (Å²) in [5.41, 5.74) is -7.93. The Morgan fingerprint density at radius 1 is 1.07 bits per heavy atom. The third-order valence-corrected chi connectivity index (χ3v) is 8.13. The van der Waals surface area contributed by atoms with E-state index in [4.69, 9.17) is 4.74 Å². The van der Waals surface area contributed by atoms with Gasteiger partial charge in [-0.25, -0.2) is 4.79 Å². The summed E-state index contributed by atoms with van der Waals surface area (Å²) in [5.74, 6) is -3.48. The van der Waals surface area contributed by atoms with Crippen LogP contribution in [-0.2, 0) is 19.1 Å². The molecule has 0 radical (unpaired) electrons. The largest absolute Gasteiger partial charge is 0.467 e. The van der Waals surface area contributed by atoms with Crippen LogP contribution in [0.2, 0.25) is 0 Å². The van der Waals surface area contributed by atoms with E-state index in [0.717, 1.165) is 12.7 Å². The summed E-state index contributed by atoms with van der Waals surface area (Å²) >= 11 is 0. The lowest BCUT2D eigenvalue weighted by molar-refractivity contribution is -0.203. The topological polar surface area (TPSA) is 121 Å². The third kappa shape index (κ3) is 2.78. The Kier molecular flexibility index (Phi) is 5.17. The highest BCUT2D eigenvalue weighted by molar-refractivity contribution is 6.28. The molecule has 1 spiro atoms. The second kappa shape index (κ2) is 6.71. The molecule has 3 rings (SSSR count). The standard InChI is InChI=1S/C23H34O7/c1-13(2)7-9-19(3)16(24)22(23(29,17(19)25)18(26)30-6)11-15-14(21(5,28)12-22)8-10-20(15,4)27/h7,14-15,27-29H,8-12H2,1-6H3/t14-,15+,19-,20-,21+,22-,23+/m1/s1. The Morgan fingerprint density at radius 3 is 2.20 bits per heavy atom. The molecule has 3 N–H and O–H groups in total. The van der Waals surface area contributed by atoms with Crippen molar-refractivity contribution in [3.63, 3.8) is 0 Å². The number of esters is 1. The molecule has 7 nitrogen and oxygen atoms in total. The van der Waals surface area contributed by atoms with Gasteiger partial charge in [-0.2, -0.15) is 0 Å². The summed E-state index contributed by atoms with van der Waals surface area (Å²) in [7, 11) is 1.06. The zero-order chi connectivity index (χ0) is 22.9. The first-order valence-corrected chi connectivity index (χ1v) is 10.6. The maximum Gasteiger partial charge on any atom is 0.346 e. The maximum atomic E-state index is 13.9. The summed E-state index contributed by atoms with van der Waals surface area (Å²) in [4.78, 5) is 40.4. The second-order valence-electron chi connectivity index (χ2n) is 10.6. The Morgan fingerprint density at radius 2 is 1.67 bits per heavy atom. The molecule has 0 bridgehead atoms. The summed E-state index contributed by atoms with van der Waals surface area (Å²) in [5, 5.41) is 33.9. The number of Topliss-reactive ketones (excluding diaryl/α,β-unsaturated/α-hetero) is 2. The average molecular weight is 423 g/mol. The van der Waals surface area contributed by atoms with E-state index >= 15 is 0 Å². The Balaban J connectivity index is 2.24. The van der Waals surface area contributed by atoms with E-state index in [-0.39, 0.29) is 25.2 Å². The third-order valence-electron chi connectivity index (χ3n) is 8.13. The Bertz CT molecular complexity index is 821. The summed E-state index contributed by atoms with van der Waals surface area (Å²) in [6, 6.07) is 0. The molecule has 0 heterocycles. The number of aliphatic hydroxyl groups is 3. The molecule has 0 aromatic heterocycles. The molecule has 30 heavy (non-hydrogen) atoms. The van der Waals surface area contributed by atoms with Gasteiger partial charge >= 0.3 is 5.97 Å². The fourth-order valence-corrected chi connectivity index (χ4v) is 6.45. The molecule has 3 aliphatic rings. The molecule has 168 valence electrons. The van der Waals surface area contributed by atoms with E-state index in [1.165, 1.54) is 6.92 Å². The van der Waals surface area contributed by atoms with E-state index < -0.39 is 51.1 Å². The zero-order valence-corrected chi connectivity index (χ0v) is 18.7. The minimum Gasteiger partial charge on any atom is -0.467 e. The van der Waals surface area contributed by atoms with Crippen molar-refractivity contribution in [2.24, 2.45) is 22.7 Å². The lowest BCUT2D eigenvalue weighted by Crippen LogP contribution is -2.65. The van der Waals surface area contributed by atoms with Crippen molar-refractivity contribution in [2.45, 2.75) is 83.5 Å². The fourth-order valence-electron chi connectivity index (χ4n) is 6.45. The van der Waals surface area contributed by atoms with Crippen molar-refractivity contribution in [1.82, 2.24) is 0 Å². The molecule has 0 aromatic rings. The quantitative estimate of drug-likeness (QED) is 0.360. The molecule has 3 saturated carbocycles. The predicted octanol–water partition coefficient (Wildman–Crippen LogP) is 1.71. The highest BCUT2D eigenvalue weighted by Gasteiger charge is 2.80. The molecule has 0 aliphatic heterocycles. The van der Waals surface area contributed by atoms with Crippen LogP contribution in [0.3, 0.4) is 0 Å². The molecular formula is C23H34O7. The van der Waals surface area contributed by atoms with Gasteiger partial charge in [0.25, 0.3) is 0 Å². The Labute approximate surface area is 177 Å². The lowest BCUT2D eigenvalue weighted by atomic mass is 9.53. The van der Waals surface area contributed by atoms with Crippen molar-refractivity contribution < 1.29 is 34.4 Å². The lowest BCUT2D eigenvalue weighted by Gasteiger charge is -2.53. The molecule has 0 amide bonds. The van der Waals surface area contributed by atoms with Crippen molar-refractivity contribution in [3.05, 3.63) is 11.6 Å². The van der Waals surface area contributed by atoms with Gasteiger partial charge in [-0.15, -0.1) is 0 Å². The summed E-state index contributed by atoms with van der Waals surface area (Å²) in [6.45, 7) is 8.33. The first-order chi connectivity index (χ1) is 13.6. The molecule has 0 aromatic carbocycles. The first kappa shape index (κ1) is 23.1. The molecule has 0 unspecified atom stereocenters. The number of hydrogen-bond donors (Lipinski definition) is 3. The van der Waals surface area contributed by atoms with E-state index in [9.17, 15) is 29.7 Å². The molecule has 3 aliphatic carbocycles. The monoisotopic (exact) mass is 422 g/mol. The van der Waals surface area contributed by atoms with Gasteiger partial charge in [0.2, 0.25) is 5.60 Å². The van der Waals surface area contributed by atoms with Gasteiger partial charge in [0.15, 0.2) is 11.6 Å². The Hall–Kier alpha value is -1.57. The maximum absolute atomic E-state index is 13.9. The minimum absolute atomic E-state index is 0.0423. The molecule has 7 heteroatoms. The van der Waals surface area contributed by atoms with Gasteiger partial charge < -0.3 is 20.1 Å². The van der Waals surface area contributed by atoms with Crippen LogP contribution in [0.25, 0.3) is 0 Å². The smallest absolute Gasteiger partial charge is 0.346 e. The van der Waals surface area contributed by atoms with Gasteiger partial charge in [-0.05, 0) is 78.6 Å². The van der Waals surface area contributed by atoms with Crippen molar-refractivity contribution in [2.75, 3.05) is 7.11 Å². The van der Waals surface area contributed by atoms with Crippen molar-refractivity contribution in [3.8, 4) is 0 Å². The van der Waals surface area contributed by atoms with Crippen molar-refractivity contribution in [1.29, 1.82) is 0 Å². The van der Waals surface area contributed by atoms with Crippen LogP contribution in [0.4, 0.5) is 0 Å². The number of rotatable bonds is 3.